The first-order valence-corrected chi connectivity index (χ1v) is 9.30. The third-order valence-electron chi connectivity index (χ3n) is 4.90. The van der Waals surface area contributed by atoms with Crippen LogP contribution in [-0.2, 0) is 16.1 Å². The standard InChI is InChI=1S/C21H22N4O3/c1-15-5-4-6-16-20(15)22-14-25(21(16)27)13-19(26)23-17-7-2-3-8-18(17)24-9-11-28-12-10-24/h2-8,14H,9-13H2,1H3,(H,23,26). The highest BCUT2D eigenvalue weighted by atomic mass is 16.5. The van der Waals surface area contributed by atoms with Crippen LogP contribution in [0, 0.1) is 6.92 Å². The average Bonchev–Trinajstić information content (AvgIpc) is 2.72. The molecule has 7 nitrogen and oxygen atoms in total. The molecule has 1 amide bonds. The van der Waals surface area contributed by atoms with E-state index in [9.17, 15) is 9.59 Å². The van der Waals surface area contributed by atoms with E-state index < -0.39 is 0 Å². The molecule has 28 heavy (non-hydrogen) atoms. The molecule has 7 heteroatoms. The van der Waals surface area contributed by atoms with Gasteiger partial charge < -0.3 is 15.0 Å². The molecule has 0 aliphatic carbocycles. The Kier molecular flexibility index (Phi) is 5.08. The Morgan fingerprint density at radius 3 is 2.75 bits per heavy atom. The van der Waals surface area contributed by atoms with Gasteiger partial charge in [-0.1, -0.05) is 24.3 Å². The maximum absolute atomic E-state index is 12.7. The van der Waals surface area contributed by atoms with E-state index >= 15 is 0 Å². The lowest BCUT2D eigenvalue weighted by Crippen LogP contribution is -2.37. The van der Waals surface area contributed by atoms with Crippen molar-refractivity contribution in [3.8, 4) is 0 Å². The van der Waals surface area contributed by atoms with Gasteiger partial charge in [0, 0.05) is 13.1 Å². The van der Waals surface area contributed by atoms with Crippen molar-refractivity contribution >= 4 is 28.2 Å². The van der Waals surface area contributed by atoms with E-state index in [-0.39, 0.29) is 18.0 Å². The molecular formula is C21H22N4O3. The number of hydrogen-bond donors (Lipinski definition) is 1. The number of anilines is 2. The van der Waals surface area contributed by atoms with Crippen LogP contribution in [0.4, 0.5) is 11.4 Å². The van der Waals surface area contributed by atoms with Gasteiger partial charge in [0.1, 0.15) is 6.54 Å². The maximum atomic E-state index is 12.7. The average molecular weight is 378 g/mol. The van der Waals surface area contributed by atoms with Crippen LogP contribution in [0.25, 0.3) is 10.9 Å². The highest BCUT2D eigenvalue weighted by molar-refractivity contribution is 5.94. The Morgan fingerprint density at radius 1 is 1.14 bits per heavy atom. The Hall–Kier alpha value is -3.19. The number of nitrogens with one attached hydrogen (secondary N) is 1. The molecule has 1 saturated heterocycles. The number of hydrogen-bond acceptors (Lipinski definition) is 5. The van der Waals surface area contributed by atoms with Crippen LogP contribution in [0.1, 0.15) is 5.56 Å². The lowest BCUT2D eigenvalue weighted by atomic mass is 10.1. The van der Waals surface area contributed by atoms with Crippen LogP contribution >= 0.6 is 0 Å². The van der Waals surface area contributed by atoms with Gasteiger partial charge in [-0.3, -0.25) is 14.2 Å². The fourth-order valence-corrected chi connectivity index (χ4v) is 3.45. The molecular weight excluding hydrogens is 356 g/mol. The lowest BCUT2D eigenvalue weighted by molar-refractivity contribution is -0.116. The minimum atomic E-state index is -0.267. The maximum Gasteiger partial charge on any atom is 0.261 e. The van der Waals surface area contributed by atoms with Crippen molar-refractivity contribution in [3.63, 3.8) is 0 Å². The number of rotatable bonds is 4. The van der Waals surface area contributed by atoms with Crippen molar-refractivity contribution in [2.45, 2.75) is 13.5 Å². The number of fused-ring (bicyclic) bond motifs is 1. The van der Waals surface area contributed by atoms with Gasteiger partial charge in [0.25, 0.3) is 5.56 Å². The highest BCUT2D eigenvalue weighted by Crippen LogP contribution is 2.26. The molecule has 0 unspecified atom stereocenters. The first-order chi connectivity index (χ1) is 13.6. The van der Waals surface area contributed by atoms with E-state index in [0.717, 1.165) is 30.0 Å². The molecule has 1 aromatic heterocycles. The molecule has 1 N–H and O–H groups in total. The fraction of sp³-hybridized carbons (Fsp3) is 0.286. The third-order valence-corrected chi connectivity index (χ3v) is 4.90. The van der Waals surface area contributed by atoms with Crippen molar-refractivity contribution in [1.82, 2.24) is 9.55 Å². The summed E-state index contributed by atoms with van der Waals surface area (Å²) in [4.78, 5) is 31.9. The molecule has 0 spiro atoms. The number of benzene rings is 2. The second kappa shape index (κ2) is 7.82. The second-order valence-electron chi connectivity index (χ2n) is 6.81. The summed E-state index contributed by atoms with van der Waals surface area (Å²) in [5.41, 5.74) is 3.07. The highest BCUT2D eigenvalue weighted by Gasteiger charge is 2.16. The van der Waals surface area contributed by atoms with Gasteiger partial charge in [0.15, 0.2) is 0 Å². The Balaban J connectivity index is 1.55. The molecule has 4 rings (SSSR count). The summed E-state index contributed by atoms with van der Waals surface area (Å²) in [6.45, 7) is 4.71. The number of aromatic nitrogens is 2. The zero-order valence-corrected chi connectivity index (χ0v) is 15.7. The van der Waals surface area contributed by atoms with Gasteiger partial charge in [-0.25, -0.2) is 4.98 Å². The predicted molar refractivity (Wildman–Crippen MR) is 109 cm³/mol. The summed E-state index contributed by atoms with van der Waals surface area (Å²) in [7, 11) is 0. The first-order valence-electron chi connectivity index (χ1n) is 9.30. The zero-order chi connectivity index (χ0) is 19.5. The number of morpholine rings is 1. The van der Waals surface area contributed by atoms with Crippen molar-refractivity contribution in [2.24, 2.45) is 0 Å². The van der Waals surface area contributed by atoms with E-state index in [0.29, 0.717) is 24.1 Å². The molecule has 1 aliphatic heterocycles. The normalized spacial score (nSPS) is 14.2. The van der Waals surface area contributed by atoms with Crippen molar-refractivity contribution < 1.29 is 9.53 Å². The Labute approximate surface area is 162 Å². The zero-order valence-electron chi connectivity index (χ0n) is 15.7. The van der Waals surface area contributed by atoms with E-state index in [2.05, 4.69) is 15.2 Å². The topological polar surface area (TPSA) is 76.5 Å². The summed E-state index contributed by atoms with van der Waals surface area (Å²) in [6.07, 6.45) is 1.44. The second-order valence-corrected chi connectivity index (χ2v) is 6.81. The molecule has 3 aromatic rings. The molecule has 0 bridgehead atoms. The molecule has 144 valence electrons. The Bertz CT molecular complexity index is 1070. The lowest BCUT2D eigenvalue weighted by Gasteiger charge is -2.30. The SMILES string of the molecule is Cc1cccc2c(=O)n(CC(=O)Nc3ccccc3N3CCOCC3)cnc12. The van der Waals surface area contributed by atoms with Crippen LogP contribution in [0.3, 0.4) is 0 Å². The molecule has 0 atom stereocenters. The molecule has 2 aromatic carbocycles. The van der Waals surface area contributed by atoms with Crippen LogP contribution < -0.4 is 15.8 Å². The van der Waals surface area contributed by atoms with E-state index in [1.807, 2.05) is 43.3 Å². The van der Waals surface area contributed by atoms with Gasteiger partial charge >= 0.3 is 0 Å². The summed E-state index contributed by atoms with van der Waals surface area (Å²) in [5.74, 6) is -0.267. The molecule has 0 saturated carbocycles. The van der Waals surface area contributed by atoms with Crippen molar-refractivity contribution in [2.75, 3.05) is 36.5 Å². The quantitative estimate of drug-likeness (QED) is 0.753. The first kappa shape index (κ1) is 18.2. The van der Waals surface area contributed by atoms with Crippen LogP contribution in [0.5, 0.6) is 0 Å². The molecule has 1 fully saturated rings. The number of aryl methyl sites for hydroxylation is 1. The fourth-order valence-electron chi connectivity index (χ4n) is 3.45. The summed E-state index contributed by atoms with van der Waals surface area (Å²) >= 11 is 0. The monoisotopic (exact) mass is 378 g/mol. The van der Waals surface area contributed by atoms with Crippen molar-refractivity contribution in [3.05, 3.63) is 64.7 Å². The van der Waals surface area contributed by atoms with E-state index in [1.54, 1.807) is 6.07 Å². The van der Waals surface area contributed by atoms with Crippen LogP contribution in [0.15, 0.2) is 53.6 Å². The van der Waals surface area contributed by atoms with Gasteiger partial charge in [0.2, 0.25) is 5.91 Å². The number of ether oxygens (including phenoxy) is 1. The Morgan fingerprint density at radius 2 is 1.93 bits per heavy atom. The summed E-state index contributed by atoms with van der Waals surface area (Å²) < 4.78 is 6.75. The number of para-hydroxylation sites is 3. The largest absolute Gasteiger partial charge is 0.378 e. The molecule has 0 radical (unpaired) electrons. The number of amides is 1. The smallest absolute Gasteiger partial charge is 0.261 e. The van der Waals surface area contributed by atoms with Crippen molar-refractivity contribution in [1.29, 1.82) is 0 Å². The molecule has 2 heterocycles. The minimum Gasteiger partial charge on any atom is -0.378 e. The third kappa shape index (κ3) is 3.61. The van der Waals surface area contributed by atoms with Gasteiger partial charge in [-0.15, -0.1) is 0 Å². The van der Waals surface area contributed by atoms with Crippen LogP contribution in [0.2, 0.25) is 0 Å². The number of carbonyl (C=O) groups excluding carboxylic acids is 1. The summed E-state index contributed by atoms with van der Waals surface area (Å²) in [5, 5.41) is 3.45. The van der Waals surface area contributed by atoms with Gasteiger partial charge in [-0.2, -0.15) is 0 Å². The predicted octanol–water partition coefficient (Wildman–Crippen LogP) is 2.18. The number of carbonyl (C=O) groups is 1. The van der Waals surface area contributed by atoms with Gasteiger partial charge in [0.05, 0.1) is 41.8 Å². The molecule has 1 aliphatic rings. The number of nitrogens with zero attached hydrogens (tertiary/aromatic N) is 3. The van der Waals surface area contributed by atoms with Crippen LogP contribution in [-0.4, -0.2) is 41.8 Å². The van der Waals surface area contributed by atoms with Gasteiger partial charge in [-0.05, 0) is 30.7 Å². The van der Waals surface area contributed by atoms with E-state index in [1.165, 1.54) is 10.9 Å². The summed E-state index contributed by atoms with van der Waals surface area (Å²) in [6, 6.07) is 13.1. The minimum absolute atomic E-state index is 0.0901. The van der Waals surface area contributed by atoms with E-state index in [4.69, 9.17) is 4.74 Å².